The zero-order valence-corrected chi connectivity index (χ0v) is 58.8. The lowest BCUT2D eigenvalue weighted by Crippen LogP contribution is -2.61. The average Bonchev–Trinajstić information content (AvgIpc) is 0.868. The monoisotopic (exact) mass is 1410 g/mol. The van der Waals surface area contributed by atoms with Gasteiger partial charge in [-0.15, -0.1) is 0 Å². The van der Waals surface area contributed by atoms with E-state index in [1.165, 1.54) is 6.92 Å². The smallest absolute Gasteiger partial charge is 0.326 e. The van der Waals surface area contributed by atoms with Gasteiger partial charge in [-0.2, -0.15) is 0 Å². The van der Waals surface area contributed by atoms with Crippen LogP contribution in [0.15, 0.2) is 96.0 Å². The molecule has 0 radical (unpaired) electrons. The number of amides is 13. The lowest BCUT2D eigenvalue weighted by Gasteiger charge is -2.29. The maximum absolute atomic E-state index is 14.5. The Morgan fingerprint density at radius 2 is 0.762 bits per heavy atom. The molecule has 0 aliphatic rings. The van der Waals surface area contributed by atoms with Crippen LogP contribution in [0, 0.1) is 23.7 Å². The van der Waals surface area contributed by atoms with Crippen LogP contribution in [0.25, 0.3) is 0 Å². The topological polar surface area (TPSA) is 534 Å². The number of nitrogens with one attached hydrogen (secondary N) is 11. The van der Waals surface area contributed by atoms with E-state index in [4.69, 9.17) is 28.7 Å². The van der Waals surface area contributed by atoms with Crippen molar-refractivity contribution in [3.05, 3.63) is 108 Å². The number of rotatable bonds is 44. The Morgan fingerprint density at radius 1 is 0.396 bits per heavy atom. The van der Waals surface area contributed by atoms with Gasteiger partial charge in [-0.1, -0.05) is 146 Å². The summed E-state index contributed by atoms with van der Waals surface area (Å²) in [4.78, 5) is 194. The predicted molar refractivity (Wildman–Crippen MR) is 375 cm³/mol. The average molecular weight is 1410 g/mol. The van der Waals surface area contributed by atoms with Crippen molar-refractivity contribution in [1.29, 1.82) is 0 Å². The number of nitrogens with zero attached hydrogens (tertiary/aromatic N) is 1. The van der Waals surface area contributed by atoms with E-state index in [0.29, 0.717) is 11.1 Å². The van der Waals surface area contributed by atoms with Gasteiger partial charge in [0.05, 0.1) is 12.6 Å². The van der Waals surface area contributed by atoms with Gasteiger partial charge in [0.1, 0.15) is 60.4 Å². The van der Waals surface area contributed by atoms with Crippen molar-refractivity contribution in [3.8, 4) is 0 Å². The van der Waals surface area contributed by atoms with Crippen LogP contribution in [0.2, 0.25) is 0 Å². The molecule has 0 saturated carbocycles. The number of aliphatic imine (C=N–C) groups is 1. The summed E-state index contributed by atoms with van der Waals surface area (Å²) < 4.78 is 0. The summed E-state index contributed by atoms with van der Waals surface area (Å²) in [5, 5.41) is 38.4. The molecule has 0 bridgehead atoms. The Labute approximate surface area is 588 Å². The predicted octanol–water partition coefficient (Wildman–Crippen LogP) is -2.29. The first-order chi connectivity index (χ1) is 47.6. The van der Waals surface area contributed by atoms with Gasteiger partial charge in [-0.25, -0.2) is 4.79 Å². The highest BCUT2D eigenvalue weighted by Gasteiger charge is 2.37. The number of nitrogens with two attached hydrogens (primary N) is 5. The van der Waals surface area contributed by atoms with Gasteiger partial charge in [-0.3, -0.25) is 67.3 Å². The van der Waals surface area contributed by atoms with Crippen LogP contribution in [0.3, 0.4) is 0 Å². The van der Waals surface area contributed by atoms with Crippen molar-refractivity contribution in [1.82, 2.24) is 58.5 Å². The molecule has 32 heteroatoms. The molecule has 32 nitrogen and oxygen atoms in total. The largest absolute Gasteiger partial charge is 0.480 e. The number of benzene rings is 3. The molecule has 0 aliphatic carbocycles. The van der Waals surface area contributed by atoms with Crippen LogP contribution in [0.1, 0.15) is 124 Å². The fraction of sp³-hybridized carbons (Fsp3) is 0.522. The number of carboxylic acid groups (broad SMARTS) is 1. The van der Waals surface area contributed by atoms with E-state index in [2.05, 4.69) is 63.5 Å². The van der Waals surface area contributed by atoms with Crippen molar-refractivity contribution in [2.75, 3.05) is 13.1 Å². The van der Waals surface area contributed by atoms with Gasteiger partial charge in [-0.05, 0) is 85.8 Å². The minimum atomic E-state index is -1.56. The van der Waals surface area contributed by atoms with Crippen LogP contribution in [-0.4, -0.2) is 173 Å². The summed E-state index contributed by atoms with van der Waals surface area (Å²) in [6.07, 6.45) is -1.42. The molecular weight excluding hydrogens is 1310 g/mol. The van der Waals surface area contributed by atoms with E-state index in [-0.39, 0.29) is 76.2 Å². The van der Waals surface area contributed by atoms with Crippen LogP contribution < -0.4 is 87.2 Å². The van der Waals surface area contributed by atoms with Gasteiger partial charge >= 0.3 is 5.97 Å². The lowest BCUT2D eigenvalue weighted by atomic mass is 9.99. The number of hydrogen-bond donors (Lipinski definition) is 17. The Morgan fingerprint density at radius 3 is 1.22 bits per heavy atom. The van der Waals surface area contributed by atoms with Gasteiger partial charge in [0.2, 0.25) is 76.8 Å². The van der Waals surface area contributed by atoms with Crippen molar-refractivity contribution in [2.24, 2.45) is 57.3 Å². The molecule has 3 aromatic rings. The van der Waals surface area contributed by atoms with Gasteiger partial charge in [0, 0.05) is 32.2 Å². The summed E-state index contributed by atoms with van der Waals surface area (Å²) in [6, 6.07) is 11.1. The number of aliphatic carboxylic acids is 1. The normalized spacial score (nSPS) is 14.4. The summed E-state index contributed by atoms with van der Waals surface area (Å²) in [7, 11) is 0. The van der Waals surface area contributed by atoms with E-state index in [1.54, 1.807) is 146 Å². The molecule has 3 rings (SSSR count). The highest BCUT2D eigenvalue weighted by molar-refractivity contribution is 5.99. The zero-order chi connectivity index (χ0) is 75.6. The first kappa shape index (κ1) is 84.7. The minimum absolute atomic E-state index is 0.00353. The summed E-state index contributed by atoms with van der Waals surface area (Å²) >= 11 is 0. The summed E-state index contributed by atoms with van der Waals surface area (Å²) in [5.41, 5.74) is 30.0. The first-order valence-corrected chi connectivity index (χ1v) is 33.6. The van der Waals surface area contributed by atoms with Crippen LogP contribution in [0.4, 0.5) is 0 Å². The minimum Gasteiger partial charge on any atom is -0.480 e. The molecule has 11 atom stereocenters. The van der Waals surface area contributed by atoms with Crippen LogP contribution in [-0.2, 0) is 86.4 Å². The van der Waals surface area contributed by atoms with E-state index in [9.17, 15) is 72.2 Å². The number of carbonyl (C=O) groups is 14. The molecule has 0 heterocycles. The molecule has 0 fully saturated rings. The second kappa shape index (κ2) is 43.1. The van der Waals surface area contributed by atoms with Crippen molar-refractivity contribution >= 4 is 88.7 Å². The van der Waals surface area contributed by atoms with E-state index in [1.807, 2.05) is 0 Å². The summed E-state index contributed by atoms with van der Waals surface area (Å²) in [6.45, 7) is 13.7. The molecule has 0 aromatic heterocycles. The second-order valence-corrected chi connectivity index (χ2v) is 26.2. The van der Waals surface area contributed by atoms with E-state index in [0.717, 1.165) is 5.56 Å². The molecule has 0 aliphatic heterocycles. The van der Waals surface area contributed by atoms with Crippen LogP contribution in [0.5, 0.6) is 0 Å². The SMILES string of the molecule is CC(C)C[C@H](NC(=O)[C@@H](NC(=O)CNC(=O)[C@H](CCC(N)=O)NC(=O)[C@@H](N)Cc1ccccc1)C(C)C)C(=O)N[C@@H](CCC(N)=O)C(=O)N[C@@H](C)C(=O)N[C@H](C(=O)N[C@@H](CCCN=C(N)N)C(=O)N[C@@H](Cc1ccccc1)C(=O)N[C@H](C(=O)N[C@@H](Cc1ccccc1)C(=O)O)C(C)C)C(C)C. The Kier molecular flexibility index (Phi) is 36.1. The highest BCUT2D eigenvalue weighted by atomic mass is 16.4. The summed E-state index contributed by atoms with van der Waals surface area (Å²) in [5.74, 6) is -14.8. The molecule has 0 spiro atoms. The first-order valence-electron chi connectivity index (χ1n) is 33.6. The Balaban J connectivity index is 1.81. The van der Waals surface area contributed by atoms with E-state index < -0.39 is 180 Å². The third-order valence-electron chi connectivity index (χ3n) is 15.9. The van der Waals surface area contributed by atoms with Crippen molar-refractivity contribution < 1.29 is 72.2 Å². The fourth-order valence-corrected chi connectivity index (χ4v) is 10.3. The zero-order valence-electron chi connectivity index (χ0n) is 58.8. The standard InChI is InChI=1S/C69H103N17O15/c1-37(2)32-49(82-65(97)55(38(3)4)84-54(89)36-76-60(92)47(27-29-52(71)87)78-59(91)45(70)33-42-20-13-10-14-21-42)63(95)79-48(28-30-53(72)88)61(93)77-41(9)58(90)85-56(39(5)6)66(98)80-46(26-19-31-75-69(73)74)62(94)81-50(34-43-22-15-11-16-23-43)64(96)86-57(40(7)8)67(99)83-51(68(100)101)35-44-24-17-12-18-25-44/h10-18,20-25,37-41,45-51,55-57H,19,26-36,70H2,1-9H3,(H2,71,87)(H2,72,88)(H,76,92)(H,77,93)(H,78,91)(H,79,95)(H,80,98)(H,81,94)(H,82,97)(H,83,99)(H,84,89)(H,85,90)(H,86,96)(H,100,101)(H4,73,74,75)/t41-,45-,46-,47-,48-,49-,50-,51-,55-,56-,57-/m0/s1. The number of hydrogen-bond acceptors (Lipinski definition) is 16. The fourth-order valence-electron chi connectivity index (χ4n) is 10.3. The maximum atomic E-state index is 14.5. The number of carbonyl (C=O) groups excluding carboxylic acids is 13. The number of guanidine groups is 1. The third kappa shape index (κ3) is 31.5. The van der Waals surface area contributed by atoms with E-state index >= 15 is 0 Å². The number of carboxylic acids is 1. The Hall–Kier alpha value is -10.5. The van der Waals surface area contributed by atoms with Gasteiger partial charge in [0.15, 0.2) is 5.96 Å². The molecular formula is C69H103N17O15. The quantitative estimate of drug-likeness (QED) is 0.0161. The Bertz CT molecular complexity index is 3320. The lowest BCUT2D eigenvalue weighted by molar-refractivity contribution is -0.142. The number of primary amides is 2. The molecule has 3 aromatic carbocycles. The molecule has 101 heavy (non-hydrogen) atoms. The third-order valence-corrected chi connectivity index (χ3v) is 15.9. The highest BCUT2D eigenvalue weighted by Crippen LogP contribution is 2.15. The molecule has 13 amide bonds. The molecule has 554 valence electrons. The van der Waals surface area contributed by atoms with Gasteiger partial charge < -0.3 is 92.3 Å². The molecule has 0 unspecified atom stereocenters. The van der Waals surface area contributed by atoms with Crippen molar-refractivity contribution in [2.45, 2.75) is 193 Å². The molecule has 0 saturated heterocycles. The van der Waals surface area contributed by atoms with Crippen LogP contribution >= 0.6 is 0 Å². The van der Waals surface area contributed by atoms with Crippen molar-refractivity contribution in [3.63, 3.8) is 0 Å². The van der Waals surface area contributed by atoms with Gasteiger partial charge in [0.25, 0.3) is 0 Å². The second-order valence-electron chi connectivity index (χ2n) is 26.2. The maximum Gasteiger partial charge on any atom is 0.326 e. The molecule has 22 N–H and O–H groups in total.